The standard InChI is InChI=1S/C37H34N2O3/c1-21-15-24-13-14-31(38-33(24)30(40)16-21)41-28-18-26(32-22(2)9-8-10-23(32)3)17-27(19-28)36-39-35-34(42-36)29-12-7-6-11-25(29)20-37(35,4)5/h6-19,34-35,40H,20H2,1-5H3/t34-,35-/m1/s1. The molecule has 0 saturated carbocycles. The molecule has 0 spiro atoms. The SMILES string of the molecule is Cc1cc(O)c2nc(Oc3cc(C4=N[C@@H]5[C@H](O4)c4ccccc4CC5(C)C)cc(-c4c(C)cccc4C)c3)ccc2c1. The van der Waals surface area contributed by atoms with E-state index >= 15 is 0 Å². The number of aromatic hydroxyl groups is 1. The number of phenolic OH excluding ortho intramolecular Hbond substituents is 1. The van der Waals surface area contributed by atoms with Gasteiger partial charge >= 0.3 is 0 Å². The fourth-order valence-corrected chi connectivity index (χ4v) is 6.66. The molecule has 2 atom stereocenters. The van der Waals surface area contributed by atoms with Crippen molar-refractivity contribution in [1.82, 2.24) is 4.98 Å². The molecule has 1 aliphatic heterocycles. The van der Waals surface area contributed by atoms with E-state index in [-0.39, 0.29) is 23.3 Å². The summed E-state index contributed by atoms with van der Waals surface area (Å²) in [6, 6.07) is 28.6. The van der Waals surface area contributed by atoms with E-state index < -0.39 is 0 Å². The molecule has 2 aliphatic rings. The summed E-state index contributed by atoms with van der Waals surface area (Å²) in [5, 5.41) is 11.4. The van der Waals surface area contributed by atoms with E-state index in [1.807, 2.05) is 37.3 Å². The van der Waals surface area contributed by atoms with Gasteiger partial charge in [0.15, 0.2) is 0 Å². The minimum Gasteiger partial charge on any atom is -0.506 e. The van der Waals surface area contributed by atoms with Crippen LogP contribution < -0.4 is 4.74 Å². The number of benzene rings is 4. The second-order valence-corrected chi connectivity index (χ2v) is 12.4. The molecule has 1 aliphatic carbocycles. The van der Waals surface area contributed by atoms with Gasteiger partial charge in [-0.3, -0.25) is 0 Å². The Morgan fingerprint density at radius 3 is 2.43 bits per heavy atom. The molecule has 5 nitrogen and oxygen atoms in total. The minimum atomic E-state index is -0.123. The number of nitrogens with zero attached hydrogens (tertiary/aromatic N) is 2. The van der Waals surface area contributed by atoms with Gasteiger partial charge in [-0.1, -0.05) is 56.3 Å². The maximum atomic E-state index is 10.5. The second kappa shape index (κ2) is 9.73. The number of hydrogen-bond donors (Lipinski definition) is 1. The third kappa shape index (κ3) is 4.50. The van der Waals surface area contributed by atoms with Crippen molar-refractivity contribution in [3.63, 3.8) is 0 Å². The lowest BCUT2D eigenvalue weighted by Crippen LogP contribution is -2.38. The van der Waals surface area contributed by atoms with Crippen LogP contribution in [0.1, 0.15) is 53.3 Å². The molecule has 0 saturated heterocycles. The van der Waals surface area contributed by atoms with Gasteiger partial charge < -0.3 is 14.6 Å². The van der Waals surface area contributed by atoms with Crippen molar-refractivity contribution in [1.29, 1.82) is 0 Å². The Labute approximate surface area is 246 Å². The van der Waals surface area contributed by atoms with Gasteiger partial charge in [-0.2, -0.15) is 0 Å². The molecular formula is C37H34N2O3. The zero-order valence-electron chi connectivity index (χ0n) is 24.6. The molecule has 0 unspecified atom stereocenters. The number of aryl methyl sites for hydroxylation is 3. The summed E-state index contributed by atoms with van der Waals surface area (Å²) < 4.78 is 13.1. The van der Waals surface area contributed by atoms with Crippen LogP contribution in [0.4, 0.5) is 0 Å². The molecule has 7 rings (SSSR count). The summed E-state index contributed by atoms with van der Waals surface area (Å²) in [5.74, 6) is 1.81. The predicted octanol–water partition coefficient (Wildman–Crippen LogP) is 8.79. The van der Waals surface area contributed by atoms with Crippen LogP contribution in [0.5, 0.6) is 17.4 Å². The number of pyridine rings is 1. The van der Waals surface area contributed by atoms with Gasteiger partial charge in [-0.15, -0.1) is 0 Å². The normalized spacial score (nSPS) is 18.6. The number of hydrogen-bond acceptors (Lipinski definition) is 5. The van der Waals surface area contributed by atoms with Crippen molar-refractivity contribution in [2.45, 2.75) is 53.2 Å². The topological polar surface area (TPSA) is 63.9 Å². The summed E-state index contributed by atoms with van der Waals surface area (Å²) in [5.41, 5.74) is 9.41. The number of ether oxygens (including phenoxy) is 2. The first-order chi connectivity index (χ1) is 20.2. The van der Waals surface area contributed by atoms with Crippen molar-refractivity contribution in [2.75, 3.05) is 0 Å². The number of aliphatic imine (C=N–C) groups is 1. The quantitative estimate of drug-likeness (QED) is 0.241. The highest BCUT2D eigenvalue weighted by Crippen LogP contribution is 2.48. The monoisotopic (exact) mass is 554 g/mol. The highest BCUT2D eigenvalue weighted by molar-refractivity contribution is 5.97. The molecule has 210 valence electrons. The number of fused-ring (bicyclic) bond motifs is 4. The maximum absolute atomic E-state index is 10.5. The molecule has 1 aromatic heterocycles. The molecular weight excluding hydrogens is 520 g/mol. The van der Waals surface area contributed by atoms with Crippen molar-refractivity contribution >= 4 is 16.8 Å². The molecule has 1 N–H and O–H groups in total. The summed E-state index contributed by atoms with van der Waals surface area (Å²) in [6.07, 6.45) is 0.836. The Hall–Kier alpha value is -4.64. The zero-order valence-corrected chi connectivity index (χ0v) is 24.6. The molecule has 42 heavy (non-hydrogen) atoms. The van der Waals surface area contributed by atoms with E-state index in [0.29, 0.717) is 23.0 Å². The summed E-state index contributed by atoms with van der Waals surface area (Å²) >= 11 is 0. The van der Waals surface area contributed by atoms with Crippen molar-refractivity contribution in [2.24, 2.45) is 10.4 Å². The number of rotatable bonds is 4. The first kappa shape index (κ1) is 26.3. The summed E-state index contributed by atoms with van der Waals surface area (Å²) in [4.78, 5) is 9.86. The molecule has 0 amide bonds. The van der Waals surface area contributed by atoms with E-state index in [1.165, 1.54) is 22.3 Å². The third-order valence-corrected chi connectivity index (χ3v) is 8.63. The largest absolute Gasteiger partial charge is 0.506 e. The smallest absolute Gasteiger partial charge is 0.219 e. The van der Waals surface area contributed by atoms with Crippen LogP contribution in [0.15, 0.2) is 89.9 Å². The van der Waals surface area contributed by atoms with Crippen molar-refractivity contribution in [3.8, 4) is 28.5 Å². The van der Waals surface area contributed by atoms with Gasteiger partial charge in [-0.05, 0) is 108 Å². The Morgan fingerprint density at radius 1 is 0.857 bits per heavy atom. The molecule has 4 aromatic carbocycles. The van der Waals surface area contributed by atoms with Gasteiger partial charge in [0, 0.05) is 17.0 Å². The van der Waals surface area contributed by atoms with Crippen LogP contribution in [0, 0.1) is 26.2 Å². The Bertz CT molecular complexity index is 1890. The zero-order chi connectivity index (χ0) is 29.2. The lowest BCUT2D eigenvalue weighted by atomic mass is 9.69. The molecule has 5 heteroatoms. The Balaban J connectivity index is 1.33. The first-order valence-corrected chi connectivity index (χ1v) is 14.5. The highest BCUT2D eigenvalue weighted by Gasteiger charge is 2.47. The van der Waals surface area contributed by atoms with Gasteiger partial charge in [-0.25, -0.2) is 9.98 Å². The van der Waals surface area contributed by atoms with E-state index in [1.54, 1.807) is 6.07 Å². The van der Waals surface area contributed by atoms with Gasteiger partial charge in [0.05, 0.1) is 0 Å². The third-order valence-electron chi connectivity index (χ3n) is 8.63. The van der Waals surface area contributed by atoms with Crippen LogP contribution in [-0.2, 0) is 11.2 Å². The number of phenols is 1. The van der Waals surface area contributed by atoms with E-state index in [2.05, 4.69) is 81.2 Å². The second-order valence-electron chi connectivity index (χ2n) is 12.4. The average molecular weight is 555 g/mol. The molecule has 0 radical (unpaired) electrons. The Kier molecular flexibility index (Phi) is 6.09. The lowest BCUT2D eigenvalue weighted by Gasteiger charge is -2.38. The van der Waals surface area contributed by atoms with Gasteiger partial charge in [0.1, 0.15) is 29.2 Å². The number of aromatic nitrogens is 1. The van der Waals surface area contributed by atoms with E-state index in [0.717, 1.165) is 34.1 Å². The van der Waals surface area contributed by atoms with Crippen LogP contribution in [0.2, 0.25) is 0 Å². The lowest BCUT2D eigenvalue weighted by molar-refractivity contribution is 0.113. The maximum Gasteiger partial charge on any atom is 0.219 e. The highest BCUT2D eigenvalue weighted by atomic mass is 16.5. The molecule has 2 heterocycles. The molecule has 0 bridgehead atoms. The van der Waals surface area contributed by atoms with E-state index in [4.69, 9.17) is 14.5 Å². The fourth-order valence-electron chi connectivity index (χ4n) is 6.66. The fraction of sp³-hybridized carbons (Fsp3) is 0.243. The first-order valence-electron chi connectivity index (χ1n) is 14.5. The predicted molar refractivity (Wildman–Crippen MR) is 168 cm³/mol. The summed E-state index contributed by atoms with van der Waals surface area (Å²) in [6.45, 7) is 10.8. The van der Waals surface area contributed by atoms with Crippen molar-refractivity contribution < 1.29 is 14.6 Å². The van der Waals surface area contributed by atoms with Crippen molar-refractivity contribution in [3.05, 3.63) is 118 Å². The molecule has 5 aromatic rings. The summed E-state index contributed by atoms with van der Waals surface area (Å²) in [7, 11) is 0. The van der Waals surface area contributed by atoms with E-state index in [9.17, 15) is 5.11 Å². The van der Waals surface area contributed by atoms with Gasteiger partial charge in [0.2, 0.25) is 11.8 Å². The van der Waals surface area contributed by atoms with Crippen LogP contribution in [0.3, 0.4) is 0 Å². The molecule has 0 fully saturated rings. The average Bonchev–Trinajstić information content (AvgIpc) is 3.41. The van der Waals surface area contributed by atoms with Crippen LogP contribution in [-0.4, -0.2) is 22.0 Å². The Morgan fingerprint density at radius 2 is 1.62 bits per heavy atom. The minimum absolute atomic E-state index is 0.0178. The van der Waals surface area contributed by atoms with Crippen LogP contribution >= 0.6 is 0 Å². The van der Waals surface area contributed by atoms with Gasteiger partial charge in [0.25, 0.3) is 0 Å². The van der Waals surface area contributed by atoms with Crippen LogP contribution in [0.25, 0.3) is 22.0 Å².